The highest BCUT2D eigenvalue weighted by Gasteiger charge is 2.27. The molecule has 0 aromatic heterocycles. The van der Waals surface area contributed by atoms with E-state index in [1.165, 1.54) is 11.1 Å². The fourth-order valence-corrected chi connectivity index (χ4v) is 2.62. The van der Waals surface area contributed by atoms with E-state index in [4.69, 9.17) is 4.74 Å². The van der Waals surface area contributed by atoms with Crippen LogP contribution in [0.5, 0.6) is 0 Å². The molecule has 0 saturated heterocycles. The second-order valence-corrected chi connectivity index (χ2v) is 4.73. The largest absolute Gasteiger partial charge is 0.490 e. The van der Waals surface area contributed by atoms with E-state index in [1.54, 1.807) is 0 Å². The van der Waals surface area contributed by atoms with Gasteiger partial charge in [-0.1, -0.05) is 43.0 Å². The minimum absolute atomic E-state index is 0.246. The first kappa shape index (κ1) is 12.7. The lowest BCUT2D eigenvalue weighted by Gasteiger charge is -2.31. The van der Waals surface area contributed by atoms with Gasteiger partial charge in [0.2, 0.25) is 0 Å². The van der Waals surface area contributed by atoms with Crippen LogP contribution in [0.3, 0.4) is 0 Å². The van der Waals surface area contributed by atoms with Crippen LogP contribution in [0.1, 0.15) is 25.3 Å². The first-order valence-electron chi connectivity index (χ1n) is 6.45. The van der Waals surface area contributed by atoms with Gasteiger partial charge in [0.1, 0.15) is 5.76 Å². The molecule has 0 amide bonds. The van der Waals surface area contributed by atoms with Crippen molar-refractivity contribution in [2.75, 3.05) is 0 Å². The van der Waals surface area contributed by atoms with Crippen molar-refractivity contribution in [3.8, 4) is 0 Å². The molecule has 18 heavy (non-hydrogen) atoms. The van der Waals surface area contributed by atoms with Crippen LogP contribution in [0.2, 0.25) is 0 Å². The Morgan fingerprint density at radius 1 is 1.28 bits per heavy atom. The van der Waals surface area contributed by atoms with Gasteiger partial charge >= 0.3 is 0 Å². The molecule has 0 radical (unpaired) electrons. The van der Waals surface area contributed by atoms with Gasteiger partial charge in [0.25, 0.3) is 0 Å². The van der Waals surface area contributed by atoms with Gasteiger partial charge in [-0.25, -0.2) is 0 Å². The van der Waals surface area contributed by atoms with Gasteiger partial charge in [0.05, 0.1) is 6.10 Å². The Hall–Kier alpha value is -1.76. The molecule has 1 nitrogen and oxygen atoms in total. The molecule has 0 unspecified atom stereocenters. The second-order valence-electron chi connectivity index (χ2n) is 4.73. The van der Waals surface area contributed by atoms with Gasteiger partial charge in [-0.05, 0) is 37.3 Å². The zero-order valence-corrected chi connectivity index (χ0v) is 10.9. The maximum absolute atomic E-state index is 5.91. The molecule has 1 aromatic rings. The van der Waals surface area contributed by atoms with Gasteiger partial charge in [0, 0.05) is 5.57 Å². The molecule has 0 aliphatic carbocycles. The molecular weight excluding hydrogens is 220 g/mol. The Morgan fingerprint density at radius 3 is 2.61 bits per heavy atom. The van der Waals surface area contributed by atoms with Gasteiger partial charge in [-0.2, -0.15) is 0 Å². The Labute approximate surface area is 109 Å². The quantitative estimate of drug-likeness (QED) is 0.700. The van der Waals surface area contributed by atoms with E-state index < -0.39 is 0 Å². The molecule has 0 spiro atoms. The molecule has 1 aromatic carbocycles. The van der Waals surface area contributed by atoms with Crippen molar-refractivity contribution in [3.63, 3.8) is 0 Å². The van der Waals surface area contributed by atoms with Crippen molar-refractivity contribution in [2.24, 2.45) is 5.92 Å². The van der Waals surface area contributed by atoms with Crippen molar-refractivity contribution in [2.45, 2.75) is 25.9 Å². The van der Waals surface area contributed by atoms with E-state index in [9.17, 15) is 0 Å². The van der Waals surface area contributed by atoms with Crippen LogP contribution in [0.25, 0.3) is 5.57 Å². The van der Waals surface area contributed by atoms with Gasteiger partial charge in [-0.3, -0.25) is 0 Å². The summed E-state index contributed by atoms with van der Waals surface area (Å²) in [6, 6.07) is 10.4. The smallest absolute Gasteiger partial charge is 0.123 e. The third kappa shape index (κ3) is 2.56. The number of hydrogen-bond acceptors (Lipinski definition) is 1. The SMILES string of the molecule is C=CC[C@H]1C[C@H](C)OC(C=C)=C1c1ccccc1. The first-order valence-corrected chi connectivity index (χ1v) is 6.45. The maximum atomic E-state index is 5.91. The summed E-state index contributed by atoms with van der Waals surface area (Å²) in [6.07, 6.45) is 6.08. The zero-order valence-electron chi connectivity index (χ0n) is 10.9. The lowest BCUT2D eigenvalue weighted by atomic mass is 9.83. The average molecular weight is 240 g/mol. The van der Waals surface area contributed by atoms with Crippen molar-refractivity contribution in [1.29, 1.82) is 0 Å². The van der Waals surface area contributed by atoms with Crippen molar-refractivity contribution in [3.05, 3.63) is 67.0 Å². The van der Waals surface area contributed by atoms with E-state index in [-0.39, 0.29) is 6.10 Å². The van der Waals surface area contributed by atoms with Crippen molar-refractivity contribution < 1.29 is 4.74 Å². The fourth-order valence-electron chi connectivity index (χ4n) is 2.62. The molecule has 0 fully saturated rings. The van der Waals surface area contributed by atoms with Gasteiger partial charge in [0.15, 0.2) is 0 Å². The monoisotopic (exact) mass is 240 g/mol. The van der Waals surface area contributed by atoms with Crippen molar-refractivity contribution in [1.82, 2.24) is 0 Å². The number of hydrogen-bond donors (Lipinski definition) is 0. The Balaban J connectivity index is 2.47. The molecule has 1 aliphatic heterocycles. The third-order valence-corrected chi connectivity index (χ3v) is 3.34. The van der Waals surface area contributed by atoms with Crippen LogP contribution in [-0.2, 0) is 4.74 Å². The molecule has 1 aliphatic rings. The first-order chi connectivity index (χ1) is 8.76. The summed E-state index contributed by atoms with van der Waals surface area (Å²) in [5.74, 6) is 1.40. The number of rotatable bonds is 4. The molecule has 0 saturated carbocycles. The summed E-state index contributed by atoms with van der Waals surface area (Å²) in [6.45, 7) is 9.86. The molecule has 94 valence electrons. The highest BCUT2D eigenvalue weighted by molar-refractivity contribution is 5.71. The van der Waals surface area contributed by atoms with Gasteiger partial charge in [-0.15, -0.1) is 6.58 Å². The van der Waals surface area contributed by atoms with E-state index in [0.29, 0.717) is 5.92 Å². The minimum atomic E-state index is 0.246. The highest BCUT2D eigenvalue weighted by Crippen LogP contribution is 2.38. The summed E-state index contributed by atoms with van der Waals surface area (Å²) in [4.78, 5) is 0. The summed E-state index contributed by atoms with van der Waals surface area (Å²) in [5.41, 5.74) is 2.50. The second kappa shape index (κ2) is 5.72. The predicted octanol–water partition coefficient (Wildman–Crippen LogP) is 4.58. The minimum Gasteiger partial charge on any atom is -0.490 e. The number of ether oxygens (including phenoxy) is 1. The Morgan fingerprint density at radius 2 is 2.00 bits per heavy atom. The average Bonchev–Trinajstić information content (AvgIpc) is 2.39. The van der Waals surface area contributed by atoms with Crippen LogP contribution >= 0.6 is 0 Å². The maximum Gasteiger partial charge on any atom is 0.123 e. The summed E-state index contributed by atoms with van der Waals surface area (Å²) >= 11 is 0. The molecule has 0 N–H and O–H groups in total. The number of allylic oxidation sites excluding steroid dienone is 3. The molecule has 2 rings (SSSR count). The fraction of sp³-hybridized carbons (Fsp3) is 0.294. The van der Waals surface area contributed by atoms with E-state index >= 15 is 0 Å². The molecular formula is C17H20O. The Bertz CT molecular complexity index is 456. The topological polar surface area (TPSA) is 9.23 Å². The Kier molecular flexibility index (Phi) is 4.03. The number of benzene rings is 1. The molecule has 1 heteroatoms. The summed E-state index contributed by atoms with van der Waals surface area (Å²) in [7, 11) is 0. The van der Waals surface area contributed by atoms with Gasteiger partial charge < -0.3 is 4.74 Å². The summed E-state index contributed by atoms with van der Waals surface area (Å²) in [5, 5.41) is 0. The molecule has 1 heterocycles. The van der Waals surface area contributed by atoms with Crippen LogP contribution in [0.15, 0.2) is 61.4 Å². The molecule has 2 atom stereocenters. The van der Waals surface area contributed by atoms with Crippen LogP contribution in [0, 0.1) is 5.92 Å². The summed E-state index contributed by atoms with van der Waals surface area (Å²) < 4.78 is 5.91. The predicted molar refractivity (Wildman–Crippen MR) is 77.0 cm³/mol. The lowest BCUT2D eigenvalue weighted by Crippen LogP contribution is -2.22. The van der Waals surface area contributed by atoms with Crippen LogP contribution in [0.4, 0.5) is 0 Å². The molecule has 0 bridgehead atoms. The lowest BCUT2D eigenvalue weighted by molar-refractivity contribution is 0.108. The van der Waals surface area contributed by atoms with E-state index in [2.05, 4.69) is 44.3 Å². The standard InChI is InChI=1S/C17H20O/c1-4-9-15-12-13(3)18-16(5-2)17(15)14-10-7-6-8-11-14/h4-8,10-11,13,15H,1-2,9,12H2,3H3/t13-,15-/m0/s1. The highest BCUT2D eigenvalue weighted by atomic mass is 16.5. The third-order valence-electron chi connectivity index (χ3n) is 3.34. The van der Waals surface area contributed by atoms with Crippen LogP contribution in [-0.4, -0.2) is 6.10 Å². The van der Waals surface area contributed by atoms with E-state index in [0.717, 1.165) is 18.6 Å². The zero-order chi connectivity index (χ0) is 13.0. The van der Waals surface area contributed by atoms with Crippen molar-refractivity contribution >= 4 is 5.57 Å². The normalized spacial score (nSPS) is 23.4. The van der Waals surface area contributed by atoms with Crippen LogP contribution < -0.4 is 0 Å². The van der Waals surface area contributed by atoms with E-state index in [1.807, 2.05) is 18.2 Å².